The smallest absolute Gasteiger partial charge is 0.0379 e. The van der Waals surface area contributed by atoms with E-state index in [9.17, 15) is 0 Å². The largest absolute Gasteiger partial charge is 0.293 e. The molecule has 1 nitrogen and oxygen atoms in total. The first-order chi connectivity index (χ1) is 2.93. The lowest BCUT2D eigenvalue weighted by molar-refractivity contribution is 1.32. The normalized spacial score (nSPS) is 24.5. The molecular formula is C5H7N. The van der Waals surface area contributed by atoms with Crippen LogP contribution in [0.4, 0.5) is 0 Å². The predicted octanol–water partition coefficient (Wildman–Crippen LogP) is 1.02. The minimum atomic E-state index is 1.08. The summed E-state index contributed by atoms with van der Waals surface area (Å²) in [6.07, 6.45) is 5.21. The quantitative estimate of drug-likeness (QED) is 0.413. The molecule has 0 aromatic carbocycles. The van der Waals surface area contributed by atoms with Gasteiger partial charge in [0.1, 0.15) is 0 Å². The Morgan fingerprint density at radius 3 is 2.50 bits per heavy atom. The van der Waals surface area contributed by atoms with E-state index >= 15 is 0 Å². The van der Waals surface area contributed by atoms with Gasteiger partial charge in [0.05, 0.1) is 0 Å². The van der Waals surface area contributed by atoms with Crippen molar-refractivity contribution in [3.05, 3.63) is 12.2 Å². The zero-order valence-electron chi connectivity index (χ0n) is 3.81. The molecule has 0 aromatic rings. The molecule has 0 saturated carbocycles. The zero-order chi connectivity index (χ0) is 4.41. The zero-order valence-corrected chi connectivity index (χ0v) is 3.81. The van der Waals surface area contributed by atoms with Gasteiger partial charge >= 0.3 is 0 Å². The molecule has 1 aliphatic carbocycles. The second-order valence-corrected chi connectivity index (χ2v) is 1.32. The van der Waals surface area contributed by atoms with Gasteiger partial charge in [-0.15, -0.1) is 0 Å². The van der Waals surface area contributed by atoms with Crippen molar-refractivity contribution in [1.82, 2.24) is 0 Å². The molecule has 0 fully saturated rings. The van der Waals surface area contributed by atoms with Gasteiger partial charge in [-0.25, -0.2) is 0 Å². The van der Waals surface area contributed by atoms with E-state index in [1.54, 1.807) is 0 Å². The van der Waals surface area contributed by atoms with Gasteiger partial charge in [-0.2, -0.15) is 0 Å². The van der Waals surface area contributed by atoms with Crippen molar-refractivity contribution in [2.45, 2.75) is 6.42 Å². The highest BCUT2D eigenvalue weighted by Gasteiger charge is 1.95. The summed E-state index contributed by atoms with van der Waals surface area (Å²) in [6, 6.07) is 0. The first-order valence-electron chi connectivity index (χ1n) is 2.05. The highest BCUT2D eigenvalue weighted by molar-refractivity contribution is 6.01. The highest BCUT2D eigenvalue weighted by atomic mass is 14.7. The molecule has 0 N–H and O–H groups in total. The molecule has 6 heavy (non-hydrogen) atoms. The SMILES string of the molecule is CN=C1C=CC1. The van der Waals surface area contributed by atoms with Crippen molar-refractivity contribution in [1.29, 1.82) is 0 Å². The topological polar surface area (TPSA) is 12.4 Å². The number of nitrogens with zero attached hydrogens (tertiary/aromatic N) is 1. The van der Waals surface area contributed by atoms with Crippen LogP contribution >= 0.6 is 0 Å². The Bertz CT molecular complexity index is 101. The Kier molecular flexibility index (Phi) is 0.748. The molecule has 32 valence electrons. The monoisotopic (exact) mass is 81.1 g/mol. The predicted molar refractivity (Wildman–Crippen MR) is 27.1 cm³/mol. The average molecular weight is 81.1 g/mol. The van der Waals surface area contributed by atoms with Crippen LogP contribution in [0.1, 0.15) is 6.42 Å². The summed E-state index contributed by atoms with van der Waals surface area (Å²) in [6.45, 7) is 0. The van der Waals surface area contributed by atoms with E-state index in [4.69, 9.17) is 0 Å². The Morgan fingerprint density at radius 1 is 1.83 bits per heavy atom. The van der Waals surface area contributed by atoms with Crippen LogP contribution in [0.2, 0.25) is 0 Å². The summed E-state index contributed by atoms with van der Waals surface area (Å²) in [7, 11) is 1.82. The molecule has 0 radical (unpaired) electrons. The van der Waals surface area contributed by atoms with Crippen molar-refractivity contribution in [2.75, 3.05) is 7.05 Å². The van der Waals surface area contributed by atoms with E-state index < -0.39 is 0 Å². The standard InChI is InChI=1S/C5H7N/c1-6-5-3-2-4-5/h2-3H,4H2,1H3. The number of rotatable bonds is 0. The number of hydrogen-bond donors (Lipinski definition) is 0. The number of aliphatic imine (C=N–C) groups is 1. The van der Waals surface area contributed by atoms with Crippen LogP contribution in [0.15, 0.2) is 17.1 Å². The van der Waals surface area contributed by atoms with Gasteiger partial charge in [0, 0.05) is 19.2 Å². The van der Waals surface area contributed by atoms with Gasteiger partial charge in [-0.3, -0.25) is 4.99 Å². The minimum Gasteiger partial charge on any atom is -0.293 e. The van der Waals surface area contributed by atoms with Gasteiger partial charge in [0.2, 0.25) is 0 Å². The lowest BCUT2D eigenvalue weighted by Crippen LogP contribution is -1.98. The molecule has 0 unspecified atom stereocenters. The third-order valence-electron chi connectivity index (χ3n) is 0.924. The number of allylic oxidation sites excluding steroid dienone is 2. The maximum Gasteiger partial charge on any atom is 0.0379 e. The van der Waals surface area contributed by atoms with Gasteiger partial charge < -0.3 is 0 Å². The van der Waals surface area contributed by atoms with Crippen molar-refractivity contribution in [2.24, 2.45) is 4.99 Å². The average Bonchev–Trinajstić information content (AvgIpc) is 1.31. The second kappa shape index (κ2) is 1.25. The first-order valence-corrected chi connectivity index (χ1v) is 2.05. The van der Waals surface area contributed by atoms with Crippen molar-refractivity contribution in [3.63, 3.8) is 0 Å². The van der Waals surface area contributed by atoms with Gasteiger partial charge in [-0.1, -0.05) is 6.08 Å². The molecule has 0 amide bonds. The highest BCUT2D eigenvalue weighted by Crippen LogP contribution is 2.00. The van der Waals surface area contributed by atoms with Crippen LogP contribution in [-0.4, -0.2) is 12.8 Å². The molecule has 0 saturated heterocycles. The van der Waals surface area contributed by atoms with Crippen LogP contribution in [0, 0.1) is 0 Å². The van der Waals surface area contributed by atoms with Crippen LogP contribution in [0.5, 0.6) is 0 Å². The van der Waals surface area contributed by atoms with Crippen LogP contribution in [0.3, 0.4) is 0 Å². The maximum atomic E-state index is 3.92. The summed E-state index contributed by atoms with van der Waals surface area (Å²) >= 11 is 0. The molecule has 0 spiro atoms. The molecule has 1 aliphatic rings. The summed E-state index contributed by atoms with van der Waals surface area (Å²) < 4.78 is 0. The lowest BCUT2D eigenvalue weighted by atomic mass is 10.1. The summed E-state index contributed by atoms with van der Waals surface area (Å²) in [5, 5.41) is 0. The van der Waals surface area contributed by atoms with Crippen molar-refractivity contribution in [3.8, 4) is 0 Å². The number of hydrogen-bond acceptors (Lipinski definition) is 1. The third kappa shape index (κ3) is 0.361. The molecule has 0 aliphatic heterocycles. The molecule has 1 heteroatoms. The summed E-state index contributed by atoms with van der Waals surface area (Å²) in [4.78, 5) is 3.92. The third-order valence-corrected chi connectivity index (χ3v) is 0.924. The van der Waals surface area contributed by atoms with Gasteiger partial charge in [-0.05, 0) is 6.08 Å². The fourth-order valence-corrected chi connectivity index (χ4v) is 0.389. The molecule has 0 atom stereocenters. The van der Waals surface area contributed by atoms with E-state index in [1.165, 1.54) is 5.71 Å². The summed E-state index contributed by atoms with van der Waals surface area (Å²) in [5.41, 5.74) is 1.22. The van der Waals surface area contributed by atoms with Crippen LogP contribution in [-0.2, 0) is 0 Å². The van der Waals surface area contributed by atoms with E-state index in [2.05, 4.69) is 11.1 Å². The van der Waals surface area contributed by atoms with E-state index in [0.717, 1.165) is 6.42 Å². The second-order valence-electron chi connectivity index (χ2n) is 1.32. The Labute approximate surface area is 37.4 Å². The van der Waals surface area contributed by atoms with Crippen molar-refractivity contribution < 1.29 is 0 Å². The molecule has 0 bridgehead atoms. The first kappa shape index (κ1) is 3.59. The summed E-state index contributed by atoms with van der Waals surface area (Å²) in [5.74, 6) is 0. The van der Waals surface area contributed by atoms with E-state index in [0.29, 0.717) is 0 Å². The maximum absolute atomic E-state index is 3.92. The molecule has 0 aromatic heterocycles. The minimum absolute atomic E-state index is 1.08. The van der Waals surface area contributed by atoms with Gasteiger partial charge in [0.15, 0.2) is 0 Å². The van der Waals surface area contributed by atoms with Crippen LogP contribution < -0.4 is 0 Å². The lowest BCUT2D eigenvalue weighted by Gasteiger charge is -2.00. The Morgan fingerprint density at radius 2 is 2.50 bits per heavy atom. The fourth-order valence-electron chi connectivity index (χ4n) is 0.389. The Balaban J connectivity index is 2.60. The molecule has 0 heterocycles. The Hall–Kier alpha value is -0.590. The van der Waals surface area contributed by atoms with Crippen molar-refractivity contribution >= 4 is 5.71 Å². The fraction of sp³-hybridized carbons (Fsp3) is 0.400. The van der Waals surface area contributed by atoms with E-state index in [-0.39, 0.29) is 0 Å². The van der Waals surface area contributed by atoms with Crippen LogP contribution in [0.25, 0.3) is 0 Å². The van der Waals surface area contributed by atoms with Gasteiger partial charge in [0.25, 0.3) is 0 Å². The molecular weight excluding hydrogens is 74.1 g/mol. The van der Waals surface area contributed by atoms with E-state index in [1.807, 2.05) is 13.1 Å². The molecule has 1 rings (SSSR count).